The zero-order valence-electron chi connectivity index (χ0n) is 10.0. The fourth-order valence-corrected chi connectivity index (χ4v) is 2.07. The first-order chi connectivity index (χ1) is 8.15. The molecule has 0 fully saturated rings. The van der Waals surface area contributed by atoms with Gasteiger partial charge in [0, 0.05) is 25.6 Å². The van der Waals surface area contributed by atoms with Crippen molar-refractivity contribution in [1.29, 1.82) is 0 Å². The Balaban J connectivity index is 2.51. The number of esters is 1. The topological polar surface area (TPSA) is 46.6 Å². The van der Waals surface area contributed by atoms with Gasteiger partial charge in [0.1, 0.15) is 0 Å². The predicted molar refractivity (Wildman–Crippen MR) is 64.6 cm³/mol. The molecule has 0 bridgehead atoms. The van der Waals surface area contributed by atoms with Gasteiger partial charge in [0.2, 0.25) is 0 Å². The molecular weight excluding hydrogens is 218 g/mol. The maximum absolute atomic E-state index is 11.8. The van der Waals surface area contributed by atoms with Gasteiger partial charge in [-0.2, -0.15) is 0 Å². The molecule has 17 heavy (non-hydrogen) atoms. The molecule has 0 saturated heterocycles. The van der Waals surface area contributed by atoms with Crippen molar-refractivity contribution in [3.05, 3.63) is 29.3 Å². The molecule has 0 saturated carbocycles. The average Bonchev–Trinajstić information content (AvgIpc) is 2.34. The number of ether oxygens (including phenoxy) is 1. The van der Waals surface area contributed by atoms with Gasteiger partial charge < -0.3 is 9.64 Å². The number of anilines is 1. The van der Waals surface area contributed by atoms with Gasteiger partial charge in [-0.3, -0.25) is 4.79 Å². The van der Waals surface area contributed by atoms with Crippen LogP contribution in [-0.2, 0) is 4.74 Å². The monoisotopic (exact) mass is 233 g/mol. The first kappa shape index (κ1) is 11.6. The third kappa shape index (κ3) is 2.02. The molecule has 4 nitrogen and oxygen atoms in total. The van der Waals surface area contributed by atoms with Gasteiger partial charge in [0.25, 0.3) is 0 Å². The number of nitrogens with zero attached hydrogens (tertiary/aromatic N) is 1. The molecule has 1 aromatic carbocycles. The fraction of sp³-hybridized carbons (Fsp3) is 0.385. The summed E-state index contributed by atoms with van der Waals surface area (Å²) in [7, 11) is 1.88. The van der Waals surface area contributed by atoms with Crippen LogP contribution in [0.1, 0.15) is 34.1 Å². The second kappa shape index (κ2) is 4.57. The average molecular weight is 233 g/mol. The zero-order valence-corrected chi connectivity index (χ0v) is 10.0. The number of para-hydroxylation sites is 1. The number of benzene rings is 1. The van der Waals surface area contributed by atoms with Gasteiger partial charge in [0.05, 0.1) is 17.9 Å². The number of carbonyl (C=O) groups is 2. The molecule has 0 radical (unpaired) electrons. The molecule has 4 heteroatoms. The summed E-state index contributed by atoms with van der Waals surface area (Å²) in [5.41, 5.74) is 1.78. The largest absolute Gasteiger partial charge is 0.462 e. The van der Waals surface area contributed by atoms with Gasteiger partial charge in [-0.1, -0.05) is 6.07 Å². The van der Waals surface area contributed by atoms with Crippen molar-refractivity contribution >= 4 is 17.4 Å². The Labute approximate surface area is 100 Å². The van der Waals surface area contributed by atoms with Crippen LogP contribution in [-0.4, -0.2) is 32.0 Å². The van der Waals surface area contributed by atoms with E-state index in [4.69, 9.17) is 4.74 Å². The number of rotatable bonds is 2. The van der Waals surface area contributed by atoms with Crippen LogP contribution < -0.4 is 4.90 Å². The SMILES string of the molecule is CCOC(=O)c1cccc2c1N(C)CCC2=O. The maximum Gasteiger partial charge on any atom is 0.340 e. The van der Waals surface area contributed by atoms with E-state index >= 15 is 0 Å². The standard InChI is InChI=1S/C13H15NO3/c1-3-17-13(16)10-6-4-5-9-11(15)7-8-14(2)12(9)10/h4-6H,3,7-8H2,1-2H3. The summed E-state index contributed by atoms with van der Waals surface area (Å²) >= 11 is 0. The molecule has 0 aromatic heterocycles. The minimum absolute atomic E-state index is 0.0873. The minimum Gasteiger partial charge on any atom is -0.462 e. The Hall–Kier alpha value is -1.84. The summed E-state index contributed by atoms with van der Waals surface area (Å²) in [5.74, 6) is -0.282. The van der Waals surface area contributed by atoms with E-state index in [-0.39, 0.29) is 11.8 Å². The van der Waals surface area contributed by atoms with Crippen molar-refractivity contribution < 1.29 is 14.3 Å². The second-order valence-electron chi connectivity index (χ2n) is 4.02. The highest BCUT2D eigenvalue weighted by atomic mass is 16.5. The van der Waals surface area contributed by atoms with Crippen LogP contribution in [0.2, 0.25) is 0 Å². The predicted octanol–water partition coefficient (Wildman–Crippen LogP) is 1.89. The summed E-state index contributed by atoms with van der Waals surface area (Å²) in [5, 5.41) is 0. The lowest BCUT2D eigenvalue weighted by Gasteiger charge is -2.28. The van der Waals surface area contributed by atoms with Gasteiger partial charge in [-0.15, -0.1) is 0 Å². The van der Waals surface area contributed by atoms with Crippen LogP contribution >= 0.6 is 0 Å². The molecule has 1 aromatic rings. The van der Waals surface area contributed by atoms with Crippen LogP contribution in [0.5, 0.6) is 0 Å². The van der Waals surface area contributed by atoms with Crippen LogP contribution in [0.25, 0.3) is 0 Å². The van der Waals surface area contributed by atoms with E-state index in [2.05, 4.69) is 0 Å². The number of ketones is 1. The van der Waals surface area contributed by atoms with E-state index in [0.717, 1.165) is 0 Å². The minimum atomic E-state index is -0.370. The zero-order chi connectivity index (χ0) is 12.4. The van der Waals surface area contributed by atoms with E-state index in [9.17, 15) is 9.59 Å². The van der Waals surface area contributed by atoms with Crippen molar-refractivity contribution in [2.45, 2.75) is 13.3 Å². The normalized spacial score (nSPS) is 14.5. The fourth-order valence-electron chi connectivity index (χ4n) is 2.07. The number of carbonyl (C=O) groups excluding carboxylic acids is 2. The lowest BCUT2D eigenvalue weighted by atomic mass is 9.97. The lowest BCUT2D eigenvalue weighted by Crippen LogP contribution is -2.30. The molecule has 0 amide bonds. The Kier molecular flexibility index (Phi) is 3.13. The van der Waals surface area contributed by atoms with Crippen LogP contribution in [0, 0.1) is 0 Å². The molecule has 0 unspecified atom stereocenters. The molecule has 1 aliphatic heterocycles. The molecular formula is C13H15NO3. The highest BCUT2D eigenvalue weighted by Crippen LogP contribution is 2.30. The quantitative estimate of drug-likeness (QED) is 0.732. The lowest BCUT2D eigenvalue weighted by molar-refractivity contribution is 0.0527. The summed E-state index contributed by atoms with van der Waals surface area (Å²) in [6.07, 6.45) is 0.496. The van der Waals surface area contributed by atoms with E-state index in [1.807, 2.05) is 11.9 Å². The van der Waals surface area contributed by atoms with E-state index < -0.39 is 0 Å². The highest BCUT2D eigenvalue weighted by molar-refractivity contribution is 6.08. The Bertz CT molecular complexity index is 468. The molecule has 1 heterocycles. The van der Waals surface area contributed by atoms with Crippen molar-refractivity contribution in [3.63, 3.8) is 0 Å². The molecule has 2 rings (SSSR count). The Morgan fingerprint density at radius 1 is 1.47 bits per heavy atom. The summed E-state index contributed by atoms with van der Waals surface area (Å²) in [4.78, 5) is 25.5. The van der Waals surface area contributed by atoms with Gasteiger partial charge in [-0.05, 0) is 19.1 Å². The van der Waals surface area contributed by atoms with Crippen molar-refractivity contribution in [2.24, 2.45) is 0 Å². The van der Waals surface area contributed by atoms with Gasteiger partial charge in [0.15, 0.2) is 5.78 Å². The third-order valence-corrected chi connectivity index (χ3v) is 2.89. The van der Waals surface area contributed by atoms with E-state index in [1.54, 1.807) is 25.1 Å². The number of hydrogen-bond acceptors (Lipinski definition) is 4. The molecule has 1 aliphatic rings. The number of Topliss-reactive ketones (excluding diaryl/α,β-unsaturated/α-hetero) is 1. The number of fused-ring (bicyclic) bond motifs is 1. The van der Waals surface area contributed by atoms with E-state index in [1.165, 1.54) is 0 Å². The Morgan fingerprint density at radius 3 is 2.94 bits per heavy atom. The molecule has 0 atom stereocenters. The van der Waals surface area contributed by atoms with Crippen molar-refractivity contribution in [3.8, 4) is 0 Å². The smallest absolute Gasteiger partial charge is 0.340 e. The first-order valence-electron chi connectivity index (χ1n) is 5.69. The second-order valence-corrected chi connectivity index (χ2v) is 4.02. The van der Waals surface area contributed by atoms with Crippen molar-refractivity contribution in [2.75, 3.05) is 25.1 Å². The molecule has 0 N–H and O–H groups in total. The van der Waals surface area contributed by atoms with Crippen LogP contribution in [0.3, 0.4) is 0 Å². The number of hydrogen-bond donors (Lipinski definition) is 0. The summed E-state index contributed by atoms with van der Waals surface area (Å²) in [6.45, 7) is 2.74. The molecule has 0 aliphatic carbocycles. The van der Waals surface area contributed by atoms with Crippen LogP contribution in [0.15, 0.2) is 18.2 Å². The summed E-state index contributed by atoms with van der Waals surface area (Å²) < 4.78 is 5.00. The first-order valence-corrected chi connectivity index (χ1v) is 5.69. The maximum atomic E-state index is 11.8. The highest BCUT2D eigenvalue weighted by Gasteiger charge is 2.26. The molecule has 90 valence electrons. The molecule has 0 spiro atoms. The van der Waals surface area contributed by atoms with Crippen LogP contribution in [0.4, 0.5) is 5.69 Å². The van der Waals surface area contributed by atoms with Gasteiger partial charge >= 0.3 is 5.97 Å². The van der Waals surface area contributed by atoms with Gasteiger partial charge in [-0.25, -0.2) is 4.79 Å². The van der Waals surface area contributed by atoms with E-state index in [0.29, 0.717) is 36.4 Å². The third-order valence-electron chi connectivity index (χ3n) is 2.89. The van der Waals surface area contributed by atoms with Crippen molar-refractivity contribution in [1.82, 2.24) is 0 Å². The summed E-state index contributed by atoms with van der Waals surface area (Å²) in [6, 6.07) is 5.18. The Morgan fingerprint density at radius 2 is 2.24 bits per heavy atom.